The van der Waals surface area contributed by atoms with Crippen molar-refractivity contribution in [1.29, 1.82) is 5.26 Å². The molecule has 26 heavy (non-hydrogen) atoms. The molecule has 1 aromatic carbocycles. The predicted molar refractivity (Wildman–Crippen MR) is 99.1 cm³/mol. The van der Waals surface area contributed by atoms with Gasteiger partial charge in [-0.15, -0.1) is 0 Å². The molecule has 2 aliphatic rings. The summed E-state index contributed by atoms with van der Waals surface area (Å²) >= 11 is 0. The molecule has 1 aliphatic carbocycles. The van der Waals surface area contributed by atoms with Crippen LogP contribution in [0.4, 0.5) is 0 Å². The minimum absolute atomic E-state index is 0.0216. The lowest BCUT2D eigenvalue weighted by atomic mass is 9.84. The van der Waals surface area contributed by atoms with Crippen LogP contribution in [0.5, 0.6) is 0 Å². The number of likely N-dealkylation sites (tertiary alicyclic amines) is 1. The van der Waals surface area contributed by atoms with Crippen molar-refractivity contribution < 1.29 is 4.79 Å². The second kappa shape index (κ2) is 6.80. The summed E-state index contributed by atoms with van der Waals surface area (Å²) in [7, 11) is 1.84. The van der Waals surface area contributed by atoms with Gasteiger partial charge in [0.15, 0.2) is 0 Å². The molecule has 132 valence electrons. The largest absolute Gasteiger partial charge is 0.312 e. The van der Waals surface area contributed by atoms with E-state index in [2.05, 4.69) is 17.2 Å². The average molecular weight is 346 g/mol. The van der Waals surface area contributed by atoms with E-state index >= 15 is 0 Å². The van der Waals surface area contributed by atoms with Crippen molar-refractivity contribution in [3.63, 3.8) is 0 Å². The van der Waals surface area contributed by atoms with Gasteiger partial charge in [-0.05, 0) is 50.2 Å². The Kier molecular flexibility index (Phi) is 4.34. The molecule has 0 spiro atoms. The van der Waals surface area contributed by atoms with E-state index in [0.29, 0.717) is 17.0 Å². The van der Waals surface area contributed by atoms with E-state index in [0.717, 1.165) is 30.6 Å². The number of amides is 1. The van der Waals surface area contributed by atoms with E-state index in [4.69, 9.17) is 0 Å². The van der Waals surface area contributed by atoms with Crippen LogP contribution < -0.4 is 0 Å². The van der Waals surface area contributed by atoms with Gasteiger partial charge in [0, 0.05) is 24.9 Å². The SMILES string of the molecule is Cn1ncc(C(=O)N2CCCC3CCCC=C32)c1-c1cccc(C#N)c1. The zero-order valence-electron chi connectivity index (χ0n) is 15.0. The summed E-state index contributed by atoms with van der Waals surface area (Å²) in [5.41, 5.74) is 4.00. The Morgan fingerprint density at radius 2 is 2.15 bits per heavy atom. The van der Waals surface area contributed by atoms with Crippen LogP contribution in [0.2, 0.25) is 0 Å². The summed E-state index contributed by atoms with van der Waals surface area (Å²) in [6.07, 6.45) is 9.59. The van der Waals surface area contributed by atoms with E-state index in [-0.39, 0.29) is 5.91 Å². The molecule has 5 heteroatoms. The minimum Gasteiger partial charge on any atom is -0.312 e. The van der Waals surface area contributed by atoms with Gasteiger partial charge in [0.05, 0.1) is 29.1 Å². The van der Waals surface area contributed by atoms with E-state index in [1.165, 1.54) is 25.0 Å². The number of nitriles is 1. The molecule has 2 aromatic rings. The standard InChI is InChI=1S/C21H22N4O/c1-24-20(17-8-4-6-15(12-17)13-22)18(14-23-24)21(26)25-11-5-9-16-7-2-3-10-19(16)25/h4,6,8,10,12,14,16H,2-3,5,7,9,11H2,1H3. The van der Waals surface area contributed by atoms with Crippen molar-refractivity contribution >= 4 is 5.91 Å². The number of carbonyl (C=O) groups is 1. The van der Waals surface area contributed by atoms with E-state index in [1.54, 1.807) is 16.9 Å². The van der Waals surface area contributed by atoms with Crippen LogP contribution in [-0.2, 0) is 7.05 Å². The van der Waals surface area contributed by atoms with Crippen LogP contribution in [-0.4, -0.2) is 27.1 Å². The lowest BCUT2D eigenvalue weighted by Gasteiger charge is -2.38. The normalized spacial score (nSPS) is 19.5. The van der Waals surface area contributed by atoms with E-state index in [1.807, 2.05) is 30.1 Å². The number of aromatic nitrogens is 2. The van der Waals surface area contributed by atoms with Gasteiger partial charge >= 0.3 is 0 Å². The Morgan fingerprint density at radius 1 is 1.31 bits per heavy atom. The summed E-state index contributed by atoms with van der Waals surface area (Å²) in [4.78, 5) is 15.3. The third-order valence-corrected chi connectivity index (χ3v) is 5.45. The molecule has 4 rings (SSSR count). The fraction of sp³-hybridized carbons (Fsp3) is 0.381. The van der Waals surface area contributed by atoms with Crippen molar-refractivity contribution in [2.24, 2.45) is 13.0 Å². The monoisotopic (exact) mass is 346 g/mol. The number of hydrogen-bond donors (Lipinski definition) is 0. The molecule has 1 saturated heterocycles. The van der Waals surface area contributed by atoms with Crippen LogP contribution >= 0.6 is 0 Å². The summed E-state index contributed by atoms with van der Waals surface area (Å²) < 4.78 is 1.72. The minimum atomic E-state index is 0.0216. The van der Waals surface area contributed by atoms with Gasteiger partial charge in [-0.1, -0.05) is 18.2 Å². The summed E-state index contributed by atoms with van der Waals surface area (Å²) in [6.45, 7) is 0.772. The molecule has 0 N–H and O–H groups in total. The molecule has 0 saturated carbocycles. The first-order valence-corrected chi connectivity index (χ1v) is 9.23. The quantitative estimate of drug-likeness (QED) is 0.829. The van der Waals surface area contributed by atoms with Gasteiger partial charge in [0.1, 0.15) is 0 Å². The molecule has 1 unspecified atom stereocenters. The molecular formula is C21H22N4O. The Balaban J connectivity index is 1.73. The number of fused-ring (bicyclic) bond motifs is 1. The first kappa shape index (κ1) is 16.6. The highest BCUT2D eigenvalue weighted by atomic mass is 16.2. The number of carbonyl (C=O) groups excluding carboxylic acids is 1. The second-order valence-electron chi connectivity index (χ2n) is 7.08. The third kappa shape index (κ3) is 2.82. The van der Waals surface area contributed by atoms with Crippen molar-refractivity contribution in [3.05, 3.63) is 53.4 Å². The molecule has 0 bridgehead atoms. The van der Waals surface area contributed by atoms with Gasteiger partial charge in [-0.2, -0.15) is 10.4 Å². The molecule has 1 atom stereocenters. The molecule has 1 amide bonds. The zero-order valence-corrected chi connectivity index (χ0v) is 15.0. The Labute approximate surface area is 153 Å². The lowest BCUT2D eigenvalue weighted by molar-refractivity contribution is 0.0749. The number of rotatable bonds is 2. The smallest absolute Gasteiger partial charge is 0.261 e. The van der Waals surface area contributed by atoms with Gasteiger partial charge in [0.2, 0.25) is 0 Å². The maximum absolute atomic E-state index is 13.4. The molecular weight excluding hydrogens is 324 g/mol. The van der Waals surface area contributed by atoms with Crippen LogP contribution in [0.15, 0.2) is 42.2 Å². The first-order chi connectivity index (χ1) is 12.7. The topological polar surface area (TPSA) is 61.9 Å². The van der Waals surface area contributed by atoms with Crippen LogP contribution in [0.1, 0.15) is 48.0 Å². The number of nitrogens with zero attached hydrogens (tertiary/aromatic N) is 4. The first-order valence-electron chi connectivity index (χ1n) is 9.23. The number of hydrogen-bond acceptors (Lipinski definition) is 3. The molecule has 1 fully saturated rings. The van der Waals surface area contributed by atoms with Crippen molar-refractivity contribution in [1.82, 2.24) is 14.7 Å². The molecule has 5 nitrogen and oxygen atoms in total. The van der Waals surface area contributed by atoms with Crippen LogP contribution in [0.25, 0.3) is 11.3 Å². The van der Waals surface area contributed by atoms with Crippen LogP contribution in [0, 0.1) is 17.2 Å². The highest BCUT2D eigenvalue weighted by molar-refractivity contribution is 6.01. The number of allylic oxidation sites excluding steroid dienone is 2. The van der Waals surface area contributed by atoms with Crippen molar-refractivity contribution in [3.8, 4) is 17.3 Å². The summed E-state index contributed by atoms with van der Waals surface area (Å²) in [5.74, 6) is 0.539. The maximum Gasteiger partial charge on any atom is 0.261 e. The van der Waals surface area contributed by atoms with Crippen molar-refractivity contribution in [2.75, 3.05) is 6.54 Å². The lowest BCUT2D eigenvalue weighted by Crippen LogP contribution is -2.39. The number of aryl methyl sites for hydroxylation is 1. The molecule has 1 aliphatic heterocycles. The van der Waals surface area contributed by atoms with E-state index in [9.17, 15) is 10.1 Å². The average Bonchev–Trinajstić information content (AvgIpc) is 3.08. The summed E-state index contributed by atoms with van der Waals surface area (Å²) in [5, 5.41) is 13.5. The predicted octanol–water partition coefficient (Wildman–Crippen LogP) is 3.88. The molecule has 2 heterocycles. The Hall–Kier alpha value is -2.87. The number of benzene rings is 1. The highest BCUT2D eigenvalue weighted by Crippen LogP contribution is 2.36. The van der Waals surface area contributed by atoms with Gasteiger partial charge in [-0.3, -0.25) is 9.48 Å². The molecule has 0 radical (unpaired) electrons. The number of piperidine rings is 1. The second-order valence-corrected chi connectivity index (χ2v) is 7.08. The fourth-order valence-electron chi connectivity index (χ4n) is 4.21. The van der Waals surface area contributed by atoms with Gasteiger partial charge < -0.3 is 4.90 Å². The van der Waals surface area contributed by atoms with Gasteiger partial charge in [0.25, 0.3) is 5.91 Å². The summed E-state index contributed by atoms with van der Waals surface area (Å²) in [6, 6.07) is 9.51. The van der Waals surface area contributed by atoms with E-state index < -0.39 is 0 Å². The Bertz CT molecular complexity index is 918. The van der Waals surface area contributed by atoms with Crippen LogP contribution in [0.3, 0.4) is 0 Å². The zero-order chi connectivity index (χ0) is 18.1. The maximum atomic E-state index is 13.4. The molecule has 1 aromatic heterocycles. The fourth-order valence-corrected chi connectivity index (χ4v) is 4.21. The third-order valence-electron chi connectivity index (χ3n) is 5.45. The Morgan fingerprint density at radius 3 is 3.00 bits per heavy atom. The van der Waals surface area contributed by atoms with Gasteiger partial charge in [-0.25, -0.2) is 0 Å². The highest BCUT2D eigenvalue weighted by Gasteiger charge is 2.32. The van der Waals surface area contributed by atoms with Crippen molar-refractivity contribution in [2.45, 2.75) is 32.1 Å².